The minimum Gasteiger partial charge on any atom is -0.292 e. The van der Waals surface area contributed by atoms with Gasteiger partial charge >= 0.3 is 0 Å². The summed E-state index contributed by atoms with van der Waals surface area (Å²) in [6.07, 6.45) is 5.61. The van der Waals surface area contributed by atoms with Gasteiger partial charge in [0, 0.05) is 19.6 Å². The smallest absolute Gasteiger partial charge is 0.0240 e. The third-order valence-corrected chi connectivity index (χ3v) is 2.70. The summed E-state index contributed by atoms with van der Waals surface area (Å²) in [5.41, 5.74) is 2.88. The first-order chi connectivity index (χ1) is 6.88. The van der Waals surface area contributed by atoms with E-state index >= 15 is 0 Å². The van der Waals surface area contributed by atoms with Gasteiger partial charge < -0.3 is 0 Å². The minimum absolute atomic E-state index is 1.08. The van der Waals surface area contributed by atoms with Gasteiger partial charge in [-0.1, -0.05) is 43.3 Å². The Morgan fingerprint density at radius 3 is 2.57 bits per heavy atom. The summed E-state index contributed by atoms with van der Waals surface area (Å²) in [7, 11) is 0. The fourth-order valence-corrected chi connectivity index (χ4v) is 1.86. The Morgan fingerprint density at radius 2 is 1.86 bits per heavy atom. The van der Waals surface area contributed by atoms with Gasteiger partial charge in [0.2, 0.25) is 0 Å². The number of aryl methyl sites for hydroxylation is 1. The fourth-order valence-electron chi connectivity index (χ4n) is 1.86. The molecule has 1 aliphatic heterocycles. The Labute approximate surface area is 86.1 Å². The topological polar surface area (TPSA) is 3.24 Å². The predicted octanol–water partition coefficient (Wildman–Crippen LogP) is 2.62. The van der Waals surface area contributed by atoms with Crippen LogP contribution in [0, 0.1) is 0 Å². The molecule has 0 aromatic heterocycles. The van der Waals surface area contributed by atoms with Crippen molar-refractivity contribution >= 4 is 0 Å². The molecule has 1 heteroatoms. The summed E-state index contributed by atoms with van der Waals surface area (Å²) in [6.45, 7) is 5.50. The van der Waals surface area contributed by atoms with Crippen molar-refractivity contribution < 1.29 is 0 Å². The SMILES string of the molecule is CCc1cccc(CN2CC=CC2)c1. The second-order valence-corrected chi connectivity index (χ2v) is 3.84. The molecule has 0 unspecified atom stereocenters. The highest BCUT2D eigenvalue weighted by Crippen LogP contribution is 2.10. The van der Waals surface area contributed by atoms with E-state index in [0.717, 1.165) is 26.1 Å². The minimum atomic E-state index is 1.08. The van der Waals surface area contributed by atoms with E-state index in [4.69, 9.17) is 0 Å². The third kappa shape index (κ3) is 2.24. The van der Waals surface area contributed by atoms with Gasteiger partial charge in [-0.15, -0.1) is 0 Å². The summed E-state index contributed by atoms with van der Waals surface area (Å²) in [5, 5.41) is 0. The van der Waals surface area contributed by atoms with Gasteiger partial charge in [0.05, 0.1) is 0 Å². The molecule has 2 rings (SSSR count). The van der Waals surface area contributed by atoms with Crippen molar-refractivity contribution in [2.24, 2.45) is 0 Å². The monoisotopic (exact) mass is 187 g/mol. The molecule has 0 atom stereocenters. The van der Waals surface area contributed by atoms with Gasteiger partial charge in [-0.05, 0) is 17.5 Å². The van der Waals surface area contributed by atoms with Crippen molar-refractivity contribution in [1.29, 1.82) is 0 Å². The van der Waals surface area contributed by atoms with Gasteiger partial charge in [-0.25, -0.2) is 0 Å². The molecule has 1 nitrogen and oxygen atoms in total. The molecule has 0 aliphatic carbocycles. The first-order valence-corrected chi connectivity index (χ1v) is 5.33. The standard InChI is InChI=1S/C13H17N/c1-2-12-6-5-7-13(10-12)11-14-8-3-4-9-14/h3-7,10H,2,8-9,11H2,1H3. The third-order valence-electron chi connectivity index (χ3n) is 2.70. The van der Waals surface area contributed by atoms with Crippen LogP contribution in [0.25, 0.3) is 0 Å². The number of nitrogens with zero attached hydrogens (tertiary/aromatic N) is 1. The molecule has 0 spiro atoms. The first-order valence-electron chi connectivity index (χ1n) is 5.33. The summed E-state index contributed by atoms with van der Waals surface area (Å²) in [5.74, 6) is 0. The molecule has 0 fully saturated rings. The highest BCUT2D eigenvalue weighted by molar-refractivity contribution is 5.23. The summed E-state index contributed by atoms with van der Waals surface area (Å²) < 4.78 is 0. The van der Waals surface area contributed by atoms with E-state index in [1.807, 2.05) is 0 Å². The van der Waals surface area contributed by atoms with Crippen molar-refractivity contribution in [1.82, 2.24) is 4.90 Å². The Morgan fingerprint density at radius 1 is 1.14 bits per heavy atom. The number of hydrogen-bond donors (Lipinski definition) is 0. The van der Waals surface area contributed by atoms with Crippen LogP contribution >= 0.6 is 0 Å². The molecular formula is C13H17N. The van der Waals surface area contributed by atoms with E-state index in [9.17, 15) is 0 Å². The van der Waals surface area contributed by atoms with Crippen LogP contribution in [0.5, 0.6) is 0 Å². The molecule has 1 aliphatic rings. The van der Waals surface area contributed by atoms with Crippen LogP contribution in [0.1, 0.15) is 18.1 Å². The van der Waals surface area contributed by atoms with Crippen LogP contribution in [0.3, 0.4) is 0 Å². The number of rotatable bonds is 3. The lowest BCUT2D eigenvalue weighted by Crippen LogP contribution is -2.19. The van der Waals surface area contributed by atoms with Crippen molar-refractivity contribution in [3.8, 4) is 0 Å². The highest BCUT2D eigenvalue weighted by atomic mass is 15.1. The Balaban J connectivity index is 2.01. The van der Waals surface area contributed by atoms with E-state index in [2.05, 4.69) is 48.2 Å². The Hall–Kier alpha value is -1.08. The molecule has 0 amide bonds. The maximum atomic E-state index is 2.44. The normalized spacial score (nSPS) is 16.4. The summed E-state index contributed by atoms with van der Waals surface area (Å²) in [6, 6.07) is 8.90. The lowest BCUT2D eigenvalue weighted by atomic mass is 10.1. The molecule has 0 saturated heterocycles. The van der Waals surface area contributed by atoms with Gasteiger partial charge in [0.15, 0.2) is 0 Å². The molecule has 0 radical (unpaired) electrons. The van der Waals surface area contributed by atoms with Crippen LogP contribution in [0.4, 0.5) is 0 Å². The van der Waals surface area contributed by atoms with Gasteiger partial charge in [0.25, 0.3) is 0 Å². The van der Waals surface area contributed by atoms with Crippen molar-refractivity contribution in [3.63, 3.8) is 0 Å². The summed E-state index contributed by atoms with van der Waals surface area (Å²) in [4.78, 5) is 2.44. The molecule has 14 heavy (non-hydrogen) atoms. The zero-order chi connectivity index (χ0) is 9.80. The van der Waals surface area contributed by atoms with Crippen molar-refractivity contribution in [2.75, 3.05) is 13.1 Å². The van der Waals surface area contributed by atoms with Crippen LogP contribution in [0.2, 0.25) is 0 Å². The van der Waals surface area contributed by atoms with E-state index in [-0.39, 0.29) is 0 Å². The zero-order valence-corrected chi connectivity index (χ0v) is 8.74. The second-order valence-electron chi connectivity index (χ2n) is 3.84. The molecule has 0 saturated carbocycles. The van der Waals surface area contributed by atoms with Crippen LogP contribution in [0.15, 0.2) is 36.4 Å². The molecule has 0 N–H and O–H groups in total. The quantitative estimate of drug-likeness (QED) is 0.657. The van der Waals surface area contributed by atoms with E-state index in [1.54, 1.807) is 0 Å². The number of hydrogen-bond acceptors (Lipinski definition) is 1. The van der Waals surface area contributed by atoms with Crippen LogP contribution < -0.4 is 0 Å². The largest absolute Gasteiger partial charge is 0.292 e. The van der Waals surface area contributed by atoms with Gasteiger partial charge in [0.1, 0.15) is 0 Å². The Bertz CT molecular complexity index is 320. The van der Waals surface area contributed by atoms with Crippen molar-refractivity contribution in [3.05, 3.63) is 47.5 Å². The maximum Gasteiger partial charge on any atom is 0.0240 e. The molecule has 1 heterocycles. The maximum absolute atomic E-state index is 2.44. The molecule has 1 aromatic carbocycles. The second kappa shape index (κ2) is 4.43. The average molecular weight is 187 g/mol. The van der Waals surface area contributed by atoms with E-state index in [0.29, 0.717) is 0 Å². The molecule has 1 aromatic rings. The van der Waals surface area contributed by atoms with Gasteiger partial charge in [-0.2, -0.15) is 0 Å². The van der Waals surface area contributed by atoms with Crippen LogP contribution in [-0.2, 0) is 13.0 Å². The fraction of sp³-hybridized carbons (Fsp3) is 0.385. The zero-order valence-electron chi connectivity index (χ0n) is 8.74. The lowest BCUT2D eigenvalue weighted by Gasteiger charge is -2.14. The molecular weight excluding hydrogens is 170 g/mol. The molecule has 74 valence electrons. The highest BCUT2D eigenvalue weighted by Gasteiger charge is 2.06. The van der Waals surface area contributed by atoms with Crippen LogP contribution in [-0.4, -0.2) is 18.0 Å². The van der Waals surface area contributed by atoms with Gasteiger partial charge in [-0.3, -0.25) is 4.90 Å². The van der Waals surface area contributed by atoms with E-state index in [1.165, 1.54) is 11.1 Å². The van der Waals surface area contributed by atoms with E-state index < -0.39 is 0 Å². The van der Waals surface area contributed by atoms with Crippen molar-refractivity contribution in [2.45, 2.75) is 19.9 Å². The lowest BCUT2D eigenvalue weighted by molar-refractivity contribution is 0.345. The average Bonchev–Trinajstić information content (AvgIpc) is 2.71. The Kier molecular flexibility index (Phi) is 3.00. The first kappa shape index (κ1) is 9.47. The predicted molar refractivity (Wildman–Crippen MR) is 60.2 cm³/mol. The number of benzene rings is 1. The summed E-state index contributed by atoms with van der Waals surface area (Å²) >= 11 is 0. The molecule has 0 bridgehead atoms.